The Bertz CT molecular complexity index is 1020. The van der Waals surface area contributed by atoms with Crippen molar-refractivity contribution in [1.82, 2.24) is 10.2 Å². The van der Waals surface area contributed by atoms with Gasteiger partial charge in [-0.25, -0.2) is 9.18 Å². The van der Waals surface area contributed by atoms with Crippen LogP contribution in [0.25, 0.3) is 0 Å². The highest BCUT2D eigenvalue weighted by Crippen LogP contribution is 2.30. The summed E-state index contributed by atoms with van der Waals surface area (Å²) in [6.45, 7) is 0.814. The molecule has 0 bridgehead atoms. The third-order valence-electron chi connectivity index (χ3n) is 4.69. The van der Waals surface area contributed by atoms with E-state index in [2.05, 4.69) is 5.32 Å². The number of benzene rings is 2. The van der Waals surface area contributed by atoms with Crippen molar-refractivity contribution in [3.8, 4) is 5.75 Å². The van der Waals surface area contributed by atoms with Crippen LogP contribution >= 0.6 is 0 Å². The van der Waals surface area contributed by atoms with Crippen LogP contribution in [-0.2, 0) is 10.3 Å². The van der Waals surface area contributed by atoms with Crippen molar-refractivity contribution < 1.29 is 28.4 Å². The van der Waals surface area contributed by atoms with Gasteiger partial charge in [0.2, 0.25) is 0 Å². The second-order valence-corrected chi connectivity index (χ2v) is 6.52. The van der Waals surface area contributed by atoms with Gasteiger partial charge in [0.1, 0.15) is 17.1 Å². The molecule has 1 saturated heterocycles. The Kier molecular flexibility index (Phi) is 5.02. The minimum atomic E-state index is -1.50. The van der Waals surface area contributed by atoms with Crippen molar-refractivity contribution in [3.05, 3.63) is 69.5 Å². The van der Waals surface area contributed by atoms with Crippen LogP contribution in [0.4, 0.5) is 14.9 Å². The molecule has 29 heavy (non-hydrogen) atoms. The number of nitro groups is 1. The number of amides is 3. The van der Waals surface area contributed by atoms with Crippen molar-refractivity contribution in [2.45, 2.75) is 12.5 Å². The zero-order valence-electron chi connectivity index (χ0n) is 15.5. The van der Waals surface area contributed by atoms with E-state index in [4.69, 9.17) is 4.74 Å². The van der Waals surface area contributed by atoms with Gasteiger partial charge in [0.15, 0.2) is 5.78 Å². The minimum absolute atomic E-state index is 0.1000. The zero-order valence-corrected chi connectivity index (χ0v) is 15.5. The number of ketones is 1. The van der Waals surface area contributed by atoms with Crippen LogP contribution in [0.5, 0.6) is 5.75 Å². The summed E-state index contributed by atoms with van der Waals surface area (Å²) in [4.78, 5) is 48.8. The van der Waals surface area contributed by atoms with Crippen LogP contribution in [-0.4, -0.2) is 41.2 Å². The smallest absolute Gasteiger partial charge is 0.325 e. The molecule has 0 aliphatic carbocycles. The van der Waals surface area contributed by atoms with Crippen LogP contribution < -0.4 is 10.1 Å². The molecule has 1 heterocycles. The predicted molar refractivity (Wildman–Crippen MR) is 98.0 cm³/mol. The Morgan fingerprint density at radius 3 is 2.48 bits per heavy atom. The molecule has 9 nitrogen and oxygen atoms in total. The third kappa shape index (κ3) is 3.51. The number of non-ortho nitro benzene ring substituents is 1. The maximum absolute atomic E-state index is 13.5. The fraction of sp³-hybridized carbons (Fsp3) is 0.211. The number of carbonyl (C=O) groups excluding carboxylic acids is 3. The molecule has 0 radical (unpaired) electrons. The van der Waals surface area contributed by atoms with Crippen LogP contribution in [0.15, 0.2) is 42.5 Å². The Labute approximate surface area is 164 Å². The van der Waals surface area contributed by atoms with Crippen molar-refractivity contribution in [2.75, 3.05) is 13.7 Å². The summed E-state index contributed by atoms with van der Waals surface area (Å²) in [7, 11) is 1.31. The van der Waals surface area contributed by atoms with Gasteiger partial charge < -0.3 is 10.1 Å². The SMILES string of the molecule is COc1ccc(F)cc1C(=O)CN1C(=O)N[C@@](C)(c2ccc([N+](=O)[O-])cc2)C1=O. The summed E-state index contributed by atoms with van der Waals surface area (Å²) < 4.78 is 18.6. The molecule has 150 valence electrons. The van der Waals surface area contributed by atoms with Gasteiger partial charge in [-0.15, -0.1) is 0 Å². The van der Waals surface area contributed by atoms with E-state index in [0.717, 1.165) is 12.1 Å². The van der Waals surface area contributed by atoms with E-state index in [-0.39, 0.29) is 17.0 Å². The maximum Gasteiger partial charge on any atom is 0.325 e. The van der Waals surface area contributed by atoms with Crippen molar-refractivity contribution >= 4 is 23.4 Å². The molecule has 10 heteroatoms. The number of imide groups is 1. The van der Waals surface area contributed by atoms with E-state index in [1.54, 1.807) is 0 Å². The number of hydrogen-bond donors (Lipinski definition) is 1. The molecule has 0 unspecified atom stereocenters. The predicted octanol–water partition coefficient (Wildman–Crippen LogP) is 2.39. The Morgan fingerprint density at radius 1 is 1.24 bits per heavy atom. The number of nitro benzene ring substituents is 1. The molecule has 1 aliphatic rings. The summed E-state index contributed by atoms with van der Waals surface area (Å²) in [6, 6.07) is 7.70. The standard InChI is InChI=1S/C19H16FN3O6/c1-19(11-3-6-13(7-4-11)23(27)28)17(25)22(18(26)21-19)10-15(24)14-9-12(20)5-8-16(14)29-2/h3-9H,10H2,1-2H3,(H,21,26)/t19-/m0/s1. The number of rotatable bonds is 6. The number of Topliss-reactive ketones (excluding diaryl/α,β-unsaturated/α-hetero) is 1. The monoisotopic (exact) mass is 401 g/mol. The highest BCUT2D eigenvalue weighted by atomic mass is 19.1. The molecule has 0 aromatic heterocycles. The molecule has 3 amide bonds. The van der Waals surface area contributed by atoms with Crippen LogP contribution in [0.3, 0.4) is 0 Å². The zero-order chi connectivity index (χ0) is 21.3. The van der Waals surface area contributed by atoms with E-state index in [1.807, 2.05) is 0 Å². The molecule has 1 fully saturated rings. The first-order valence-corrected chi connectivity index (χ1v) is 8.43. The summed E-state index contributed by atoms with van der Waals surface area (Å²) in [5, 5.41) is 13.3. The topological polar surface area (TPSA) is 119 Å². The molecule has 1 atom stereocenters. The summed E-state index contributed by atoms with van der Waals surface area (Å²) >= 11 is 0. The number of hydrogen-bond acceptors (Lipinski definition) is 6. The van der Waals surface area contributed by atoms with E-state index >= 15 is 0 Å². The van der Waals surface area contributed by atoms with Gasteiger partial charge >= 0.3 is 6.03 Å². The first-order valence-electron chi connectivity index (χ1n) is 8.43. The molecule has 1 aliphatic heterocycles. The number of halogens is 1. The molecule has 2 aromatic rings. The van der Waals surface area contributed by atoms with Crippen LogP contribution in [0, 0.1) is 15.9 Å². The van der Waals surface area contributed by atoms with Gasteiger partial charge in [0.25, 0.3) is 11.6 Å². The first-order chi connectivity index (χ1) is 13.7. The van der Waals surface area contributed by atoms with Crippen molar-refractivity contribution in [3.63, 3.8) is 0 Å². The van der Waals surface area contributed by atoms with Gasteiger partial charge in [0.05, 0.1) is 24.1 Å². The number of nitrogens with zero attached hydrogens (tertiary/aromatic N) is 2. The third-order valence-corrected chi connectivity index (χ3v) is 4.69. The molecule has 2 aromatic carbocycles. The van der Waals surface area contributed by atoms with E-state index < -0.39 is 40.5 Å². The van der Waals surface area contributed by atoms with Gasteiger partial charge in [-0.05, 0) is 42.8 Å². The number of methoxy groups -OCH3 is 1. The summed E-state index contributed by atoms with van der Waals surface area (Å²) in [5.74, 6) is -1.94. The first kappa shape index (κ1) is 19.9. The Balaban J connectivity index is 1.86. The quantitative estimate of drug-likeness (QED) is 0.344. The minimum Gasteiger partial charge on any atom is -0.496 e. The molecule has 3 rings (SSSR count). The highest BCUT2D eigenvalue weighted by Gasteiger charge is 2.49. The molecule has 0 spiro atoms. The lowest BCUT2D eigenvalue weighted by Gasteiger charge is -2.22. The largest absolute Gasteiger partial charge is 0.496 e. The highest BCUT2D eigenvalue weighted by molar-refractivity contribution is 6.11. The van der Waals surface area contributed by atoms with E-state index in [1.165, 1.54) is 44.4 Å². The molecule has 0 saturated carbocycles. The second kappa shape index (κ2) is 7.30. The van der Waals surface area contributed by atoms with Gasteiger partial charge in [-0.1, -0.05) is 0 Å². The number of nitrogens with one attached hydrogen (secondary N) is 1. The van der Waals surface area contributed by atoms with E-state index in [9.17, 15) is 28.9 Å². The van der Waals surface area contributed by atoms with Crippen LogP contribution in [0.1, 0.15) is 22.8 Å². The van der Waals surface area contributed by atoms with Gasteiger partial charge in [-0.3, -0.25) is 24.6 Å². The number of carbonyl (C=O) groups is 3. The Hall–Kier alpha value is -3.82. The van der Waals surface area contributed by atoms with Crippen molar-refractivity contribution in [1.29, 1.82) is 0 Å². The van der Waals surface area contributed by atoms with Gasteiger partial charge in [0, 0.05) is 12.1 Å². The average Bonchev–Trinajstić information content (AvgIpc) is 2.92. The lowest BCUT2D eigenvalue weighted by Crippen LogP contribution is -2.41. The molecule has 1 N–H and O–H groups in total. The lowest BCUT2D eigenvalue weighted by molar-refractivity contribution is -0.384. The van der Waals surface area contributed by atoms with Crippen LogP contribution in [0.2, 0.25) is 0 Å². The number of urea groups is 1. The summed E-state index contributed by atoms with van der Waals surface area (Å²) in [6.07, 6.45) is 0. The maximum atomic E-state index is 13.5. The fourth-order valence-corrected chi connectivity index (χ4v) is 3.08. The molecular formula is C19H16FN3O6. The lowest BCUT2D eigenvalue weighted by atomic mass is 9.92. The second-order valence-electron chi connectivity index (χ2n) is 6.52. The normalized spacial score (nSPS) is 18.5. The van der Waals surface area contributed by atoms with Crippen molar-refractivity contribution in [2.24, 2.45) is 0 Å². The van der Waals surface area contributed by atoms with Gasteiger partial charge in [-0.2, -0.15) is 0 Å². The molecular weight excluding hydrogens is 385 g/mol. The fourth-order valence-electron chi connectivity index (χ4n) is 3.08. The number of ether oxygens (including phenoxy) is 1. The average molecular weight is 401 g/mol. The van der Waals surface area contributed by atoms with E-state index in [0.29, 0.717) is 10.5 Å². The summed E-state index contributed by atoms with van der Waals surface area (Å²) in [5.41, 5.74) is -1.45. The Morgan fingerprint density at radius 2 is 1.90 bits per heavy atom.